The average Bonchev–Trinajstić information content (AvgIpc) is 3.33. The molecule has 1 aliphatic heterocycles. The fourth-order valence-electron chi connectivity index (χ4n) is 3.48. The minimum absolute atomic E-state index is 0.0345. The molecule has 1 aromatic carbocycles. The molecular formula is C21H21FN4OS. The zero-order valence-corrected chi connectivity index (χ0v) is 16.4. The van der Waals surface area contributed by atoms with Crippen molar-refractivity contribution in [2.45, 2.75) is 32.2 Å². The summed E-state index contributed by atoms with van der Waals surface area (Å²) in [4.78, 5) is 23.9. The number of amides is 1. The van der Waals surface area contributed by atoms with E-state index in [1.54, 1.807) is 12.1 Å². The SMILES string of the molecule is Cc1csc(Nc2cccc([C@H]3CCCN3C(=O)Cc3ccc(F)cc3)n2)n1. The van der Waals surface area contributed by atoms with Crippen molar-refractivity contribution in [3.05, 3.63) is 70.6 Å². The molecular weight excluding hydrogens is 375 g/mol. The molecule has 0 saturated carbocycles. The van der Waals surface area contributed by atoms with Crippen LogP contribution in [0.5, 0.6) is 0 Å². The Morgan fingerprint density at radius 1 is 1.25 bits per heavy atom. The summed E-state index contributed by atoms with van der Waals surface area (Å²) in [5.74, 6) is 0.480. The number of nitrogens with one attached hydrogen (secondary N) is 1. The molecule has 4 rings (SSSR count). The van der Waals surface area contributed by atoms with Gasteiger partial charge in [0, 0.05) is 11.9 Å². The van der Waals surface area contributed by atoms with E-state index >= 15 is 0 Å². The van der Waals surface area contributed by atoms with Gasteiger partial charge in [0.25, 0.3) is 0 Å². The van der Waals surface area contributed by atoms with E-state index < -0.39 is 0 Å². The summed E-state index contributed by atoms with van der Waals surface area (Å²) in [6, 6.07) is 11.9. The first kappa shape index (κ1) is 18.6. The molecule has 0 radical (unpaired) electrons. The van der Waals surface area contributed by atoms with Crippen molar-refractivity contribution < 1.29 is 9.18 Å². The van der Waals surface area contributed by atoms with Gasteiger partial charge in [-0.3, -0.25) is 4.79 Å². The normalized spacial score (nSPS) is 16.4. The summed E-state index contributed by atoms with van der Waals surface area (Å²) in [5.41, 5.74) is 2.67. The molecule has 0 spiro atoms. The number of likely N-dealkylation sites (tertiary alicyclic amines) is 1. The van der Waals surface area contributed by atoms with Crippen LogP contribution < -0.4 is 5.32 Å². The van der Waals surface area contributed by atoms with E-state index in [2.05, 4.69) is 10.3 Å². The van der Waals surface area contributed by atoms with Gasteiger partial charge in [-0.15, -0.1) is 11.3 Å². The lowest BCUT2D eigenvalue weighted by Gasteiger charge is -2.25. The second kappa shape index (κ2) is 8.06. The molecule has 1 aliphatic rings. The summed E-state index contributed by atoms with van der Waals surface area (Å²) in [7, 11) is 0. The number of halogens is 1. The maximum Gasteiger partial charge on any atom is 0.227 e. The maximum absolute atomic E-state index is 13.1. The van der Waals surface area contributed by atoms with Crippen LogP contribution in [0.1, 0.15) is 35.8 Å². The number of aromatic nitrogens is 2. The molecule has 28 heavy (non-hydrogen) atoms. The number of hydrogen-bond acceptors (Lipinski definition) is 5. The molecule has 1 saturated heterocycles. The molecule has 7 heteroatoms. The largest absolute Gasteiger partial charge is 0.334 e. The van der Waals surface area contributed by atoms with E-state index in [0.717, 1.165) is 47.3 Å². The van der Waals surface area contributed by atoms with Gasteiger partial charge in [-0.05, 0) is 49.6 Å². The minimum atomic E-state index is -0.292. The highest BCUT2D eigenvalue weighted by Gasteiger charge is 2.30. The molecule has 3 aromatic rings. The van der Waals surface area contributed by atoms with E-state index in [9.17, 15) is 9.18 Å². The topological polar surface area (TPSA) is 58.1 Å². The lowest BCUT2D eigenvalue weighted by atomic mass is 10.1. The number of carbonyl (C=O) groups is 1. The molecule has 1 N–H and O–H groups in total. The van der Waals surface area contributed by atoms with Crippen molar-refractivity contribution >= 4 is 28.2 Å². The number of thiazole rings is 1. The first-order chi connectivity index (χ1) is 13.6. The van der Waals surface area contributed by atoms with Gasteiger partial charge in [-0.25, -0.2) is 14.4 Å². The van der Waals surface area contributed by atoms with Crippen LogP contribution in [0, 0.1) is 12.7 Å². The molecule has 1 fully saturated rings. The molecule has 1 atom stereocenters. The van der Waals surface area contributed by atoms with E-state index in [0.29, 0.717) is 0 Å². The Bertz CT molecular complexity index is 973. The minimum Gasteiger partial charge on any atom is -0.334 e. The van der Waals surface area contributed by atoms with Crippen molar-refractivity contribution in [1.29, 1.82) is 0 Å². The van der Waals surface area contributed by atoms with Gasteiger partial charge in [0.05, 0.1) is 23.9 Å². The predicted molar refractivity (Wildman–Crippen MR) is 108 cm³/mol. The third-order valence-corrected chi connectivity index (χ3v) is 5.68. The van der Waals surface area contributed by atoms with Crippen LogP contribution in [0.4, 0.5) is 15.3 Å². The number of carbonyl (C=O) groups excluding carboxylic acids is 1. The Hall–Kier alpha value is -2.80. The maximum atomic E-state index is 13.1. The van der Waals surface area contributed by atoms with Gasteiger partial charge in [0.15, 0.2) is 5.13 Å². The quantitative estimate of drug-likeness (QED) is 0.683. The molecule has 5 nitrogen and oxygen atoms in total. The highest BCUT2D eigenvalue weighted by molar-refractivity contribution is 7.13. The van der Waals surface area contributed by atoms with Gasteiger partial charge < -0.3 is 10.2 Å². The Morgan fingerprint density at radius 3 is 2.82 bits per heavy atom. The zero-order chi connectivity index (χ0) is 19.5. The lowest BCUT2D eigenvalue weighted by Crippen LogP contribution is -2.32. The molecule has 144 valence electrons. The van der Waals surface area contributed by atoms with Gasteiger partial charge in [-0.1, -0.05) is 18.2 Å². The van der Waals surface area contributed by atoms with Crippen LogP contribution in [0.25, 0.3) is 0 Å². The second-order valence-electron chi connectivity index (χ2n) is 6.92. The number of benzene rings is 1. The number of hydrogen-bond donors (Lipinski definition) is 1. The Kier molecular flexibility index (Phi) is 5.34. The third-order valence-electron chi connectivity index (χ3n) is 4.81. The Morgan fingerprint density at radius 2 is 2.07 bits per heavy atom. The van der Waals surface area contributed by atoms with Gasteiger partial charge >= 0.3 is 0 Å². The summed E-state index contributed by atoms with van der Waals surface area (Å²) >= 11 is 1.54. The molecule has 2 aromatic heterocycles. The Balaban J connectivity index is 1.48. The van der Waals surface area contributed by atoms with Crippen molar-refractivity contribution in [1.82, 2.24) is 14.9 Å². The van der Waals surface area contributed by atoms with Crippen molar-refractivity contribution in [2.24, 2.45) is 0 Å². The van der Waals surface area contributed by atoms with E-state index in [1.165, 1.54) is 23.5 Å². The van der Waals surface area contributed by atoms with Crippen molar-refractivity contribution in [3.8, 4) is 0 Å². The standard InChI is InChI=1S/C21H21FN4OS/c1-14-13-28-21(23-14)25-19-6-2-4-17(24-19)18-5-3-11-26(18)20(27)12-15-7-9-16(22)10-8-15/h2,4,6-10,13,18H,3,5,11-12H2,1H3,(H,23,24,25)/t18-/m1/s1. The fourth-order valence-corrected chi connectivity index (χ4v) is 4.17. The predicted octanol–water partition coefficient (Wildman–Crippen LogP) is 4.64. The average molecular weight is 396 g/mol. The van der Waals surface area contributed by atoms with Crippen LogP contribution in [0.15, 0.2) is 47.8 Å². The molecule has 1 amide bonds. The molecule has 0 aliphatic carbocycles. The Labute approximate surface area is 167 Å². The molecule has 0 unspecified atom stereocenters. The fraction of sp³-hybridized carbons (Fsp3) is 0.286. The van der Waals surface area contributed by atoms with E-state index in [-0.39, 0.29) is 24.2 Å². The van der Waals surface area contributed by atoms with E-state index in [4.69, 9.17) is 4.98 Å². The first-order valence-electron chi connectivity index (χ1n) is 9.28. The zero-order valence-electron chi connectivity index (χ0n) is 15.6. The second-order valence-corrected chi connectivity index (χ2v) is 7.77. The lowest BCUT2D eigenvalue weighted by molar-refractivity contribution is -0.131. The molecule has 3 heterocycles. The highest BCUT2D eigenvalue weighted by atomic mass is 32.1. The number of aryl methyl sites for hydroxylation is 1. The monoisotopic (exact) mass is 396 g/mol. The van der Waals surface area contributed by atoms with Crippen LogP contribution in [-0.4, -0.2) is 27.3 Å². The van der Waals surface area contributed by atoms with Crippen LogP contribution >= 0.6 is 11.3 Å². The van der Waals surface area contributed by atoms with Crippen LogP contribution in [0.2, 0.25) is 0 Å². The molecule has 0 bridgehead atoms. The third kappa shape index (κ3) is 4.20. The highest BCUT2D eigenvalue weighted by Crippen LogP contribution is 2.32. The summed E-state index contributed by atoms with van der Waals surface area (Å²) in [6.07, 6.45) is 2.11. The van der Waals surface area contributed by atoms with Crippen LogP contribution in [0.3, 0.4) is 0 Å². The first-order valence-corrected chi connectivity index (χ1v) is 10.2. The van der Waals surface area contributed by atoms with Crippen molar-refractivity contribution in [3.63, 3.8) is 0 Å². The van der Waals surface area contributed by atoms with Gasteiger partial charge in [0.2, 0.25) is 5.91 Å². The van der Waals surface area contributed by atoms with E-state index in [1.807, 2.05) is 35.4 Å². The number of pyridine rings is 1. The van der Waals surface area contributed by atoms with Gasteiger partial charge in [0.1, 0.15) is 11.6 Å². The summed E-state index contributed by atoms with van der Waals surface area (Å²) in [5, 5.41) is 6.02. The van der Waals surface area contributed by atoms with Crippen molar-refractivity contribution in [2.75, 3.05) is 11.9 Å². The van der Waals surface area contributed by atoms with Gasteiger partial charge in [-0.2, -0.15) is 0 Å². The summed E-state index contributed by atoms with van der Waals surface area (Å²) < 4.78 is 13.1. The smallest absolute Gasteiger partial charge is 0.227 e. The number of rotatable bonds is 5. The summed E-state index contributed by atoms with van der Waals surface area (Å²) in [6.45, 7) is 2.67. The van der Waals surface area contributed by atoms with Crippen LogP contribution in [-0.2, 0) is 11.2 Å². The number of anilines is 2. The number of nitrogens with zero attached hydrogens (tertiary/aromatic N) is 3.